The van der Waals surface area contributed by atoms with Gasteiger partial charge in [-0.3, -0.25) is 4.79 Å². The Hall–Kier alpha value is -2.38. The van der Waals surface area contributed by atoms with E-state index >= 15 is 0 Å². The van der Waals surface area contributed by atoms with Crippen LogP contribution in [0.5, 0.6) is 0 Å². The Balaban J connectivity index is 1.53. The van der Waals surface area contributed by atoms with Gasteiger partial charge in [0, 0.05) is 43.0 Å². The van der Waals surface area contributed by atoms with Crippen LogP contribution in [0.4, 0.5) is 11.8 Å². The molecule has 0 bridgehead atoms. The van der Waals surface area contributed by atoms with Gasteiger partial charge in [0.2, 0.25) is 11.9 Å². The molecule has 8 heteroatoms. The lowest BCUT2D eigenvalue weighted by Crippen LogP contribution is -2.44. The molecule has 1 unspecified atom stereocenters. The van der Waals surface area contributed by atoms with Crippen molar-refractivity contribution in [3.8, 4) is 0 Å². The number of aromatic nitrogens is 2. The van der Waals surface area contributed by atoms with Crippen molar-refractivity contribution < 1.29 is 4.79 Å². The summed E-state index contributed by atoms with van der Waals surface area (Å²) in [6.07, 6.45) is 5.61. The molecule has 2 aromatic rings. The van der Waals surface area contributed by atoms with E-state index < -0.39 is 6.04 Å². The van der Waals surface area contributed by atoms with Crippen LogP contribution in [-0.4, -0.2) is 49.1 Å². The highest BCUT2D eigenvalue weighted by Gasteiger charge is 2.26. The molecule has 1 saturated carbocycles. The maximum absolute atomic E-state index is 12.8. The van der Waals surface area contributed by atoms with E-state index in [9.17, 15) is 4.79 Å². The van der Waals surface area contributed by atoms with Crippen molar-refractivity contribution in [3.05, 3.63) is 46.6 Å². The van der Waals surface area contributed by atoms with Gasteiger partial charge in [-0.2, -0.15) is 4.98 Å². The molecule has 1 amide bonds. The van der Waals surface area contributed by atoms with Crippen LogP contribution >= 0.6 is 11.6 Å². The summed E-state index contributed by atoms with van der Waals surface area (Å²) >= 11 is 6.08. The van der Waals surface area contributed by atoms with Crippen LogP contribution in [0.2, 0.25) is 5.02 Å². The fourth-order valence-electron chi connectivity index (χ4n) is 3.94. The summed E-state index contributed by atoms with van der Waals surface area (Å²) < 4.78 is 0. The van der Waals surface area contributed by atoms with Crippen LogP contribution in [0.15, 0.2) is 30.5 Å². The highest BCUT2D eigenvalue weighted by molar-refractivity contribution is 6.30. The molecule has 0 saturated heterocycles. The van der Waals surface area contributed by atoms with Crippen molar-refractivity contribution in [1.82, 2.24) is 20.6 Å². The lowest BCUT2D eigenvalue weighted by molar-refractivity contribution is -0.124. The summed E-state index contributed by atoms with van der Waals surface area (Å²) in [5.41, 5.74) is 1.92. The van der Waals surface area contributed by atoms with Crippen LogP contribution in [0.3, 0.4) is 0 Å². The summed E-state index contributed by atoms with van der Waals surface area (Å²) in [4.78, 5) is 23.8. The van der Waals surface area contributed by atoms with E-state index in [4.69, 9.17) is 11.6 Å². The predicted molar refractivity (Wildman–Crippen MR) is 122 cm³/mol. The molecule has 1 aromatic heterocycles. The van der Waals surface area contributed by atoms with E-state index in [1.807, 2.05) is 56.4 Å². The van der Waals surface area contributed by atoms with Crippen molar-refractivity contribution in [3.63, 3.8) is 0 Å². The Bertz CT molecular complexity index is 866. The highest BCUT2D eigenvalue weighted by atomic mass is 35.5. The number of likely N-dealkylation sites (N-methyl/N-ethyl adjacent to an activating group) is 1. The second kappa shape index (κ2) is 10.1. The molecule has 1 atom stereocenters. The molecule has 1 aromatic carbocycles. The summed E-state index contributed by atoms with van der Waals surface area (Å²) in [6, 6.07) is 7.48. The molecular weight excluding hydrogens is 400 g/mol. The summed E-state index contributed by atoms with van der Waals surface area (Å²) in [7, 11) is 5.75. The summed E-state index contributed by atoms with van der Waals surface area (Å²) in [5.74, 6) is 1.56. The molecule has 0 aliphatic heterocycles. The Morgan fingerprint density at radius 3 is 2.53 bits per heavy atom. The Morgan fingerprint density at radius 1 is 1.20 bits per heavy atom. The largest absolute Gasteiger partial charge is 0.362 e. The number of hydrogen-bond acceptors (Lipinski definition) is 6. The van der Waals surface area contributed by atoms with Crippen molar-refractivity contribution in [2.45, 2.75) is 50.7 Å². The van der Waals surface area contributed by atoms with Crippen molar-refractivity contribution >= 4 is 29.3 Å². The zero-order valence-electron chi connectivity index (χ0n) is 18.1. The number of halogens is 1. The first-order valence-corrected chi connectivity index (χ1v) is 10.8. The standard InChI is InChI=1S/C22H31ClN6O/c1-14-13-25-22(28-20(14)29(3)4)27-18-10-8-17(9-11-18)26-21(30)19(24-2)15-6-5-7-16(23)12-15/h5-7,12-13,17-19,24H,8-11H2,1-4H3,(H,26,30)(H,25,27,28). The number of benzene rings is 1. The minimum absolute atomic E-state index is 0.0198. The highest BCUT2D eigenvalue weighted by Crippen LogP contribution is 2.24. The second-order valence-electron chi connectivity index (χ2n) is 8.07. The first kappa shape index (κ1) is 22.3. The minimum Gasteiger partial charge on any atom is -0.362 e. The first-order valence-electron chi connectivity index (χ1n) is 10.4. The number of carbonyl (C=O) groups excluding carboxylic acids is 1. The molecule has 3 rings (SSSR count). The molecular formula is C22H31ClN6O. The van der Waals surface area contributed by atoms with Gasteiger partial charge < -0.3 is 20.9 Å². The van der Waals surface area contributed by atoms with Gasteiger partial charge in [-0.25, -0.2) is 4.98 Å². The van der Waals surface area contributed by atoms with E-state index in [1.165, 1.54) is 0 Å². The quantitative estimate of drug-likeness (QED) is 0.625. The van der Waals surface area contributed by atoms with Gasteiger partial charge in [-0.05, 0) is 57.4 Å². The van der Waals surface area contributed by atoms with Crippen LogP contribution in [0.25, 0.3) is 0 Å². The lowest BCUT2D eigenvalue weighted by atomic mass is 9.91. The van der Waals surface area contributed by atoms with Gasteiger partial charge in [-0.1, -0.05) is 23.7 Å². The minimum atomic E-state index is -0.412. The van der Waals surface area contributed by atoms with E-state index in [1.54, 1.807) is 7.05 Å². The van der Waals surface area contributed by atoms with Crippen LogP contribution < -0.4 is 20.9 Å². The third-order valence-corrected chi connectivity index (χ3v) is 5.74. The maximum Gasteiger partial charge on any atom is 0.241 e. The number of anilines is 2. The normalized spacial score (nSPS) is 19.8. The molecule has 30 heavy (non-hydrogen) atoms. The van der Waals surface area contributed by atoms with E-state index in [-0.39, 0.29) is 11.9 Å². The van der Waals surface area contributed by atoms with Gasteiger partial charge in [-0.15, -0.1) is 0 Å². The Morgan fingerprint density at radius 2 is 1.90 bits per heavy atom. The topological polar surface area (TPSA) is 82.2 Å². The van der Waals surface area contributed by atoms with Crippen molar-refractivity contribution in [2.75, 3.05) is 31.4 Å². The molecule has 3 N–H and O–H groups in total. The number of nitrogens with one attached hydrogen (secondary N) is 3. The molecule has 0 spiro atoms. The molecule has 7 nitrogen and oxygen atoms in total. The van der Waals surface area contributed by atoms with Crippen molar-refractivity contribution in [1.29, 1.82) is 0 Å². The average Bonchev–Trinajstić information content (AvgIpc) is 2.71. The van der Waals surface area contributed by atoms with Gasteiger partial charge in [0.05, 0.1) is 0 Å². The molecule has 0 radical (unpaired) electrons. The number of hydrogen-bond donors (Lipinski definition) is 3. The number of carbonyl (C=O) groups is 1. The number of rotatable bonds is 7. The van der Waals surface area contributed by atoms with E-state index in [2.05, 4.69) is 25.9 Å². The summed E-state index contributed by atoms with van der Waals surface area (Å²) in [5, 5.41) is 10.4. The predicted octanol–water partition coefficient (Wildman–Crippen LogP) is 3.30. The zero-order valence-corrected chi connectivity index (χ0v) is 18.8. The molecule has 1 heterocycles. The van der Waals surface area contributed by atoms with Gasteiger partial charge in [0.25, 0.3) is 0 Å². The smallest absolute Gasteiger partial charge is 0.241 e. The second-order valence-corrected chi connectivity index (χ2v) is 8.51. The third kappa shape index (κ3) is 5.61. The number of aryl methyl sites for hydroxylation is 1. The van der Waals surface area contributed by atoms with Crippen LogP contribution in [0.1, 0.15) is 42.9 Å². The fourth-order valence-corrected chi connectivity index (χ4v) is 4.14. The van der Waals surface area contributed by atoms with Crippen LogP contribution in [-0.2, 0) is 4.79 Å². The molecule has 1 fully saturated rings. The van der Waals surface area contributed by atoms with E-state index in [0.29, 0.717) is 17.0 Å². The zero-order chi connectivity index (χ0) is 21.7. The molecule has 162 valence electrons. The lowest BCUT2D eigenvalue weighted by Gasteiger charge is -2.31. The average molecular weight is 431 g/mol. The SMILES string of the molecule is CNC(C(=O)NC1CCC(Nc2ncc(C)c(N(C)C)n2)CC1)c1cccc(Cl)c1. The van der Waals surface area contributed by atoms with Crippen molar-refractivity contribution in [2.24, 2.45) is 0 Å². The first-order chi connectivity index (χ1) is 14.4. The van der Waals surface area contributed by atoms with Gasteiger partial charge in [0.1, 0.15) is 11.9 Å². The number of amides is 1. The van der Waals surface area contributed by atoms with E-state index in [0.717, 1.165) is 42.6 Å². The van der Waals surface area contributed by atoms with Crippen LogP contribution in [0, 0.1) is 6.92 Å². The molecule has 1 aliphatic carbocycles. The van der Waals surface area contributed by atoms with Gasteiger partial charge in [0.15, 0.2) is 0 Å². The fraction of sp³-hybridized carbons (Fsp3) is 0.500. The maximum atomic E-state index is 12.8. The monoisotopic (exact) mass is 430 g/mol. The Kier molecular flexibility index (Phi) is 7.50. The third-order valence-electron chi connectivity index (χ3n) is 5.51. The van der Waals surface area contributed by atoms with Gasteiger partial charge >= 0.3 is 0 Å². The number of nitrogens with zero attached hydrogens (tertiary/aromatic N) is 3. The summed E-state index contributed by atoms with van der Waals surface area (Å²) in [6.45, 7) is 2.01. The Labute approximate surface area is 183 Å². The molecule has 1 aliphatic rings.